The largest absolute Gasteiger partial charge is 0.339 e. The molecule has 0 radical (unpaired) electrons. The number of nitriles is 1. The third-order valence-corrected chi connectivity index (χ3v) is 3.52. The monoisotopic (exact) mass is 289 g/mol. The quantitative estimate of drug-likeness (QED) is 0.852. The van der Waals surface area contributed by atoms with E-state index in [1.165, 1.54) is 0 Å². The fourth-order valence-electron chi connectivity index (χ4n) is 1.75. The summed E-state index contributed by atoms with van der Waals surface area (Å²) in [7, 11) is 0. The fraction of sp³-hybridized carbons (Fsp3) is 0.250. The molecule has 0 bridgehead atoms. The average Bonchev–Trinajstić information content (AvgIpc) is 2.99. The first-order valence-electron chi connectivity index (χ1n) is 5.27. The van der Waals surface area contributed by atoms with Gasteiger partial charge in [0.05, 0.1) is 17.9 Å². The van der Waals surface area contributed by atoms with Crippen LogP contribution in [-0.2, 0) is 0 Å². The second-order valence-corrected chi connectivity index (χ2v) is 4.87. The highest BCUT2D eigenvalue weighted by atomic mass is 79.9. The number of aromatic nitrogens is 2. The topological polar surface area (TPSA) is 62.7 Å². The van der Waals surface area contributed by atoms with Gasteiger partial charge in [-0.05, 0) is 18.6 Å². The maximum atomic E-state index is 8.76. The van der Waals surface area contributed by atoms with Crippen LogP contribution >= 0.6 is 15.9 Å². The van der Waals surface area contributed by atoms with Crippen molar-refractivity contribution in [1.29, 1.82) is 5.26 Å². The molecule has 1 fully saturated rings. The predicted molar refractivity (Wildman–Crippen MR) is 63.9 cm³/mol. The molecule has 5 heteroatoms. The Morgan fingerprint density at radius 2 is 2.24 bits per heavy atom. The van der Waals surface area contributed by atoms with Gasteiger partial charge in [-0.25, -0.2) is 0 Å². The van der Waals surface area contributed by atoms with Crippen molar-refractivity contribution >= 4 is 15.9 Å². The maximum absolute atomic E-state index is 8.76. The first-order valence-corrected chi connectivity index (χ1v) is 6.07. The molecular weight excluding hydrogens is 282 g/mol. The summed E-state index contributed by atoms with van der Waals surface area (Å²) < 4.78 is 6.13. The average molecular weight is 290 g/mol. The Balaban J connectivity index is 1.92. The molecule has 4 nitrogen and oxygen atoms in total. The minimum absolute atomic E-state index is 0.0440. The minimum Gasteiger partial charge on any atom is -0.339 e. The summed E-state index contributed by atoms with van der Waals surface area (Å²) in [4.78, 5) is 4.34. The molecule has 0 spiro atoms. The number of hydrogen-bond donors (Lipinski definition) is 0. The van der Waals surface area contributed by atoms with Crippen LogP contribution in [0.25, 0.3) is 11.4 Å². The molecule has 0 aliphatic heterocycles. The van der Waals surface area contributed by atoms with E-state index in [2.05, 4.69) is 32.1 Å². The molecule has 1 heterocycles. The number of benzene rings is 1. The zero-order valence-corrected chi connectivity index (χ0v) is 10.4. The zero-order valence-electron chi connectivity index (χ0n) is 8.80. The van der Waals surface area contributed by atoms with E-state index < -0.39 is 0 Å². The molecule has 1 aliphatic rings. The molecule has 0 N–H and O–H groups in total. The predicted octanol–water partition coefficient (Wildman–Crippen LogP) is 3.13. The summed E-state index contributed by atoms with van der Waals surface area (Å²) in [5, 5.41) is 12.7. The van der Waals surface area contributed by atoms with Crippen LogP contribution in [0.15, 0.2) is 33.3 Å². The summed E-state index contributed by atoms with van der Waals surface area (Å²) in [6.45, 7) is 0. The van der Waals surface area contributed by atoms with E-state index in [0.29, 0.717) is 11.7 Å². The van der Waals surface area contributed by atoms with E-state index in [1.54, 1.807) is 0 Å². The Bertz CT molecular complexity index is 602. The van der Waals surface area contributed by atoms with Gasteiger partial charge in [-0.3, -0.25) is 0 Å². The molecule has 1 saturated carbocycles. The van der Waals surface area contributed by atoms with Crippen LogP contribution in [-0.4, -0.2) is 10.1 Å². The van der Waals surface area contributed by atoms with Gasteiger partial charge in [0.15, 0.2) is 0 Å². The first-order chi connectivity index (χ1) is 8.29. The fourth-order valence-corrected chi connectivity index (χ4v) is 2.21. The summed E-state index contributed by atoms with van der Waals surface area (Å²) in [5.74, 6) is 1.31. The van der Waals surface area contributed by atoms with Crippen molar-refractivity contribution in [1.82, 2.24) is 10.1 Å². The molecule has 0 saturated heterocycles. The number of nitrogens with zero attached hydrogens (tertiary/aromatic N) is 3. The van der Waals surface area contributed by atoms with Crippen molar-refractivity contribution < 1.29 is 4.52 Å². The summed E-state index contributed by atoms with van der Waals surface area (Å²) in [5.41, 5.74) is 0.900. The molecule has 1 aliphatic carbocycles. The molecule has 2 atom stereocenters. The third-order valence-electron chi connectivity index (χ3n) is 2.83. The lowest BCUT2D eigenvalue weighted by molar-refractivity contribution is 0.378. The van der Waals surface area contributed by atoms with Crippen LogP contribution in [0.4, 0.5) is 0 Å². The Hall–Kier alpha value is -1.67. The summed E-state index contributed by atoms with van der Waals surface area (Å²) in [6.07, 6.45) is 0.827. The lowest BCUT2D eigenvalue weighted by Gasteiger charge is -1.96. The highest BCUT2D eigenvalue weighted by Gasteiger charge is 2.43. The van der Waals surface area contributed by atoms with E-state index in [1.807, 2.05) is 24.3 Å². The van der Waals surface area contributed by atoms with Gasteiger partial charge in [-0.2, -0.15) is 10.2 Å². The smallest absolute Gasteiger partial charge is 0.231 e. The molecule has 1 aromatic heterocycles. The second kappa shape index (κ2) is 3.97. The van der Waals surface area contributed by atoms with Crippen molar-refractivity contribution in [3.05, 3.63) is 34.6 Å². The van der Waals surface area contributed by atoms with E-state index in [-0.39, 0.29) is 11.8 Å². The van der Waals surface area contributed by atoms with Crippen LogP contribution in [0.3, 0.4) is 0 Å². The maximum Gasteiger partial charge on any atom is 0.231 e. The first kappa shape index (κ1) is 10.5. The highest BCUT2D eigenvalue weighted by Crippen LogP contribution is 2.46. The Morgan fingerprint density at radius 1 is 1.41 bits per heavy atom. The number of rotatable bonds is 2. The summed E-state index contributed by atoms with van der Waals surface area (Å²) >= 11 is 3.45. The Kier molecular flexibility index (Phi) is 2.45. The van der Waals surface area contributed by atoms with E-state index in [0.717, 1.165) is 16.5 Å². The molecule has 2 unspecified atom stereocenters. The van der Waals surface area contributed by atoms with E-state index in [4.69, 9.17) is 9.78 Å². The van der Waals surface area contributed by atoms with Crippen molar-refractivity contribution in [2.24, 2.45) is 5.92 Å². The second-order valence-electron chi connectivity index (χ2n) is 4.01. The van der Waals surface area contributed by atoms with Gasteiger partial charge in [-0.1, -0.05) is 33.2 Å². The van der Waals surface area contributed by atoms with Gasteiger partial charge in [0.2, 0.25) is 11.7 Å². The van der Waals surface area contributed by atoms with Crippen LogP contribution in [0, 0.1) is 17.2 Å². The van der Waals surface area contributed by atoms with Gasteiger partial charge < -0.3 is 4.52 Å². The van der Waals surface area contributed by atoms with Crippen LogP contribution in [0.2, 0.25) is 0 Å². The van der Waals surface area contributed by atoms with E-state index in [9.17, 15) is 0 Å². The molecule has 84 valence electrons. The lowest BCUT2D eigenvalue weighted by atomic mass is 10.2. The van der Waals surface area contributed by atoms with Gasteiger partial charge >= 0.3 is 0 Å². The van der Waals surface area contributed by atoms with Gasteiger partial charge in [-0.15, -0.1) is 0 Å². The molecule has 1 aromatic carbocycles. The van der Waals surface area contributed by atoms with Crippen molar-refractivity contribution in [2.75, 3.05) is 0 Å². The number of hydrogen-bond acceptors (Lipinski definition) is 4. The van der Waals surface area contributed by atoms with Gasteiger partial charge in [0.1, 0.15) is 0 Å². The van der Waals surface area contributed by atoms with Crippen molar-refractivity contribution in [3.63, 3.8) is 0 Å². The highest BCUT2D eigenvalue weighted by molar-refractivity contribution is 9.10. The third kappa shape index (κ3) is 1.85. The molecular formula is C12H8BrN3O. The summed E-state index contributed by atoms with van der Waals surface area (Å²) in [6, 6.07) is 9.92. The lowest BCUT2D eigenvalue weighted by Crippen LogP contribution is -1.84. The normalized spacial score (nSPS) is 22.1. The standard InChI is InChI=1S/C12H8BrN3O/c13-10-4-2-1-3-8(10)11-15-12(17-16-11)9-5-7(9)6-14/h1-4,7,9H,5H2. The van der Waals surface area contributed by atoms with Crippen LogP contribution in [0.1, 0.15) is 18.2 Å². The molecule has 0 amide bonds. The van der Waals surface area contributed by atoms with Crippen molar-refractivity contribution in [3.8, 4) is 17.5 Å². The van der Waals surface area contributed by atoms with E-state index >= 15 is 0 Å². The number of halogens is 1. The van der Waals surface area contributed by atoms with Gasteiger partial charge in [0.25, 0.3) is 0 Å². The molecule has 2 aromatic rings. The SMILES string of the molecule is N#CC1CC1c1nc(-c2ccccc2Br)no1. The zero-order chi connectivity index (χ0) is 11.8. The molecule has 3 rings (SSSR count). The minimum atomic E-state index is 0.0440. The van der Waals surface area contributed by atoms with Gasteiger partial charge in [0, 0.05) is 10.0 Å². The Labute approximate surface area is 106 Å². The Morgan fingerprint density at radius 3 is 2.94 bits per heavy atom. The van der Waals surface area contributed by atoms with Crippen molar-refractivity contribution in [2.45, 2.75) is 12.3 Å². The van der Waals surface area contributed by atoms with Crippen LogP contribution in [0.5, 0.6) is 0 Å². The molecule has 17 heavy (non-hydrogen) atoms. The van der Waals surface area contributed by atoms with Crippen LogP contribution < -0.4 is 0 Å².